The number of benzene rings is 17. The Morgan fingerprint density at radius 1 is 0.111 bits per heavy atom. The Bertz CT molecular complexity index is 5310. The van der Waals surface area contributed by atoms with Crippen LogP contribution in [0.4, 0.5) is 0 Å². The normalized spacial score (nSPS) is 11.2. The van der Waals surface area contributed by atoms with Gasteiger partial charge in [0.2, 0.25) is 0 Å². The molecule has 0 bridgehead atoms. The highest BCUT2D eigenvalue weighted by atomic mass is 32.1. The summed E-state index contributed by atoms with van der Waals surface area (Å²) in [6.07, 6.45) is 0. The molecule has 0 saturated carbocycles. The van der Waals surface area contributed by atoms with Gasteiger partial charge in [-0.25, -0.2) is 0 Å². The molecule has 0 radical (unpaired) electrons. The summed E-state index contributed by atoms with van der Waals surface area (Å²) >= 11 is 1.87. The van der Waals surface area contributed by atoms with Gasteiger partial charge in [0.1, 0.15) is 0 Å². The molecular weight excluding hydrogens is 1210 g/mol. The van der Waals surface area contributed by atoms with E-state index in [1.54, 1.807) is 0 Å². The van der Waals surface area contributed by atoms with E-state index >= 15 is 0 Å². The molecule has 0 N–H and O–H groups in total. The second kappa shape index (κ2) is 26.9. The smallest absolute Gasteiger partial charge is 0.0355 e. The summed E-state index contributed by atoms with van der Waals surface area (Å²) in [4.78, 5) is 0. The van der Waals surface area contributed by atoms with Gasteiger partial charge in [0.25, 0.3) is 0 Å². The Balaban J connectivity index is 0.000000148. The standard InChI is InChI=1S/C50H34.C48H32S/c1-5-13-35(14-6-1)43-29-44(36-15-7-2-8-16-36)32-47(31-43)39-23-25-49-41(27-39)21-22-42-28-40(24-26-50(42)49)48-33-45(37-17-9-3-10-18-37)30-46(34-48)38-19-11-4-12-20-38;1-5-13-33(14-6-1)39-25-40(34-15-7-2-8-16-34)28-43(27-39)37-21-23-47-45(31-37)46-32-38(22-24-48(46)49-47)44-29-41(35-17-9-3-10-18-35)26-42(30-44)36-19-11-4-12-20-36/h1-34H;1-32H. The van der Waals surface area contributed by atoms with E-state index in [1.807, 2.05) is 11.3 Å². The number of hydrogen-bond donors (Lipinski definition) is 0. The minimum absolute atomic E-state index is 1.22. The number of hydrogen-bond acceptors (Lipinski definition) is 1. The van der Waals surface area contributed by atoms with Crippen LogP contribution in [0.2, 0.25) is 0 Å². The monoisotopic (exact) mass is 1270 g/mol. The lowest BCUT2D eigenvalue weighted by Crippen LogP contribution is -1.88. The quantitative estimate of drug-likeness (QED) is 0.107. The molecule has 0 atom stereocenters. The fourth-order valence-corrected chi connectivity index (χ4v) is 15.2. The van der Waals surface area contributed by atoms with Crippen LogP contribution in [0.5, 0.6) is 0 Å². The molecule has 1 heteroatoms. The van der Waals surface area contributed by atoms with Gasteiger partial charge in [0.15, 0.2) is 0 Å². The highest BCUT2D eigenvalue weighted by molar-refractivity contribution is 7.25. The summed E-state index contributed by atoms with van der Waals surface area (Å²) in [5, 5.41) is 7.62. The maximum absolute atomic E-state index is 2.40. The predicted molar refractivity (Wildman–Crippen MR) is 426 cm³/mol. The molecule has 0 amide bonds. The van der Waals surface area contributed by atoms with Crippen molar-refractivity contribution in [1.29, 1.82) is 0 Å². The van der Waals surface area contributed by atoms with E-state index in [4.69, 9.17) is 0 Å². The minimum Gasteiger partial charge on any atom is -0.135 e. The van der Waals surface area contributed by atoms with Crippen molar-refractivity contribution in [3.05, 3.63) is 400 Å². The number of thiophene rings is 1. The van der Waals surface area contributed by atoms with Crippen LogP contribution in [-0.4, -0.2) is 0 Å². The highest BCUT2D eigenvalue weighted by Gasteiger charge is 2.16. The molecule has 0 saturated heterocycles. The molecule has 18 rings (SSSR count). The zero-order valence-electron chi connectivity index (χ0n) is 54.5. The van der Waals surface area contributed by atoms with Crippen LogP contribution in [0.25, 0.3) is 175 Å². The maximum Gasteiger partial charge on any atom is 0.0355 e. The minimum atomic E-state index is 1.22. The Hall–Kier alpha value is -12.5. The van der Waals surface area contributed by atoms with Gasteiger partial charge < -0.3 is 0 Å². The third-order valence-corrected chi connectivity index (χ3v) is 20.4. The fraction of sp³-hybridized carbons (Fsp3) is 0. The molecule has 1 heterocycles. The van der Waals surface area contributed by atoms with Gasteiger partial charge >= 0.3 is 0 Å². The van der Waals surface area contributed by atoms with Gasteiger partial charge in [-0.2, -0.15) is 0 Å². The Morgan fingerprint density at radius 3 is 0.505 bits per heavy atom. The third kappa shape index (κ3) is 12.7. The van der Waals surface area contributed by atoms with Crippen LogP contribution in [-0.2, 0) is 0 Å². The summed E-state index contributed by atoms with van der Waals surface area (Å²) < 4.78 is 2.61. The van der Waals surface area contributed by atoms with Gasteiger partial charge in [-0.15, -0.1) is 11.3 Å². The first kappa shape index (κ1) is 60.2. The Labute approximate surface area is 583 Å². The van der Waals surface area contributed by atoms with Gasteiger partial charge in [-0.3, -0.25) is 0 Å². The van der Waals surface area contributed by atoms with Crippen molar-refractivity contribution in [2.75, 3.05) is 0 Å². The number of rotatable bonds is 12. The molecule has 0 unspecified atom stereocenters. The van der Waals surface area contributed by atoms with Crippen LogP contribution in [0.1, 0.15) is 0 Å². The lowest BCUT2D eigenvalue weighted by atomic mass is 9.90. The van der Waals surface area contributed by atoms with Crippen LogP contribution in [0, 0.1) is 0 Å². The molecule has 0 spiro atoms. The summed E-state index contributed by atoms with van der Waals surface area (Å²) in [7, 11) is 0. The van der Waals surface area contributed by atoms with E-state index in [2.05, 4.69) is 400 Å². The van der Waals surface area contributed by atoms with Gasteiger partial charge in [-0.1, -0.05) is 291 Å². The van der Waals surface area contributed by atoms with Crippen molar-refractivity contribution < 1.29 is 0 Å². The second-order valence-corrected chi connectivity index (χ2v) is 26.7. The molecule has 464 valence electrons. The van der Waals surface area contributed by atoms with Crippen molar-refractivity contribution in [3.63, 3.8) is 0 Å². The predicted octanol–water partition coefficient (Wildman–Crippen LogP) is 28.1. The molecule has 1 aromatic heterocycles. The van der Waals surface area contributed by atoms with E-state index in [0.29, 0.717) is 0 Å². The lowest BCUT2D eigenvalue weighted by molar-refractivity contribution is 1.57. The zero-order valence-corrected chi connectivity index (χ0v) is 55.3. The Kier molecular flexibility index (Phi) is 16.4. The second-order valence-electron chi connectivity index (χ2n) is 25.6. The van der Waals surface area contributed by atoms with Gasteiger partial charge in [-0.05, 0) is 264 Å². The molecule has 0 nitrogen and oxygen atoms in total. The molecule has 0 aliphatic heterocycles. The van der Waals surface area contributed by atoms with Crippen molar-refractivity contribution >= 4 is 53.1 Å². The Morgan fingerprint density at radius 2 is 0.293 bits per heavy atom. The molecule has 99 heavy (non-hydrogen) atoms. The topological polar surface area (TPSA) is 0 Å². The largest absolute Gasteiger partial charge is 0.135 e. The van der Waals surface area contributed by atoms with Crippen molar-refractivity contribution in [3.8, 4) is 134 Å². The van der Waals surface area contributed by atoms with Gasteiger partial charge in [0.05, 0.1) is 0 Å². The first-order chi connectivity index (χ1) is 49.0. The molecule has 0 aliphatic rings. The van der Waals surface area contributed by atoms with Crippen LogP contribution < -0.4 is 0 Å². The SMILES string of the molecule is c1ccc(-c2cc(-c3ccccc3)cc(-c3ccc4c(ccc5cc(-c6cc(-c7ccccc7)cc(-c7ccccc7)c6)ccc54)c3)c2)cc1.c1ccc(-c2cc(-c3ccccc3)cc(-c3ccc4sc5ccc(-c6cc(-c7ccccc7)cc(-c7ccccc7)c6)cc5c4c3)c2)cc1. The summed E-state index contributed by atoms with van der Waals surface area (Å²) in [5.74, 6) is 0. The first-order valence-electron chi connectivity index (χ1n) is 34.0. The molecule has 0 aliphatic carbocycles. The molecule has 17 aromatic carbocycles. The summed E-state index contributed by atoms with van der Waals surface area (Å²) in [5.41, 5.74) is 29.3. The van der Waals surface area contributed by atoms with Crippen LogP contribution >= 0.6 is 11.3 Å². The van der Waals surface area contributed by atoms with Crippen LogP contribution in [0.15, 0.2) is 400 Å². The van der Waals surface area contributed by atoms with E-state index in [1.165, 1.54) is 175 Å². The first-order valence-corrected chi connectivity index (χ1v) is 34.8. The van der Waals surface area contributed by atoms with E-state index in [-0.39, 0.29) is 0 Å². The molecule has 18 aromatic rings. The van der Waals surface area contributed by atoms with Gasteiger partial charge in [0, 0.05) is 20.2 Å². The average molecular weight is 1280 g/mol. The summed E-state index contributed by atoms with van der Waals surface area (Å²) in [6.45, 7) is 0. The molecule has 0 fully saturated rings. The van der Waals surface area contributed by atoms with Crippen molar-refractivity contribution in [2.24, 2.45) is 0 Å². The maximum atomic E-state index is 2.40. The van der Waals surface area contributed by atoms with Crippen molar-refractivity contribution in [2.45, 2.75) is 0 Å². The summed E-state index contributed by atoms with van der Waals surface area (Å²) in [6, 6.07) is 146. The highest BCUT2D eigenvalue weighted by Crippen LogP contribution is 2.43. The molecular formula is C98H66S. The van der Waals surface area contributed by atoms with Crippen LogP contribution in [0.3, 0.4) is 0 Å². The average Bonchev–Trinajstić information content (AvgIpc) is 1.76. The van der Waals surface area contributed by atoms with E-state index in [9.17, 15) is 0 Å². The number of fused-ring (bicyclic) bond motifs is 6. The fourth-order valence-electron chi connectivity index (χ4n) is 14.1. The third-order valence-electron chi connectivity index (χ3n) is 19.2. The van der Waals surface area contributed by atoms with E-state index in [0.717, 1.165) is 0 Å². The van der Waals surface area contributed by atoms with E-state index < -0.39 is 0 Å². The lowest BCUT2D eigenvalue weighted by Gasteiger charge is -2.14. The zero-order chi connectivity index (χ0) is 65.9. The van der Waals surface area contributed by atoms with Crippen molar-refractivity contribution in [1.82, 2.24) is 0 Å².